The van der Waals surface area contributed by atoms with Crippen LogP contribution in [0.4, 0.5) is 0 Å². The van der Waals surface area contributed by atoms with E-state index < -0.39 is 0 Å². The Balaban J connectivity index is 0.00000176. The van der Waals surface area contributed by atoms with Crippen molar-refractivity contribution in [2.75, 3.05) is 20.2 Å². The third-order valence-electron chi connectivity index (χ3n) is 4.86. The van der Waals surface area contributed by atoms with Gasteiger partial charge in [-0.25, -0.2) is 0 Å². The number of rotatable bonds is 4. The van der Waals surface area contributed by atoms with Crippen LogP contribution >= 0.6 is 24.0 Å². The monoisotopic (exact) mass is 419 g/mol. The van der Waals surface area contributed by atoms with Crippen molar-refractivity contribution < 1.29 is 9.15 Å². The van der Waals surface area contributed by atoms with Gasteiger partial charge in [-0.1, -0.05) is 13.8 Å². The average Bonchev–Trinajstić information content (AvgIpc) is 3.12. The summed E-state index contributed by atoms with van der Waals surface area (Å²) in [5, 5.41) is 6.94. The van der Waals surface area contributed by atoms with Crippen molar-refractivity contribution >= 4 is 29.9 Å². The van der Waals surface area contributed by atoms with Crippen molar-refractivity contribution in [1.82, 2.24) is 10.6 Å². The third kappa shape index (κ3) is 3.27. The molecular weight excluding hydrogens is 393 g/mol. The summed E-state index contributed by atoms with van der Waals surface area (Å²) in [6.45, 7) is 6.24. The molecule has 3 unspecified atom stereocenters. The Bertz CT molecular complexity index is 501. The van der Waals surface area contributed by atoms with Crippen LogP contribution < -0.4 is 10.6 Å². The van der Waals surface area contributed by atoms with Crippen LogP contribution in [0, 0.1) is 11.3 Å². The van der Waals surface area contributed by atoms with Gasteiger partial charge in [0.15, 0.2) is 5.96 Å². The van der Waals surface area contributed by atoms with Gasteiger partial charge in [0.2, 0.25) is 0 Å². The maximum atomic E-state index is 5.83. The van der Waals surface area contributed by atoms with E-state index in [1.807, 2.05) is 19.2 Å². The number of fused-ring (bicyclic) bond motifs is 1. The molecule has 1 saturated heterocycles. The number of halogens is 1. The van der Waals surface area contributed by atoms with Crippen molar-refractivity contribution in [3.05, 3.63) is 24.2 Å². The molecular formula is C16H26IN3O2. The Morgan fingerprint density at radius 3 is 2.95 bits per heavy atom. The van der Waals surface area contributed by atoms with Crippen LogP contribution in [0.3, 0.4) is 0 Å². The summed E-state index contributed by atoms with van der Waals surface area (Å²) in [5.41, 5.74) is 0.166. The molecule has 3 rings (SSSR count). The number of hydrogen-bond donors (Lipinski definition) is 2. The van der Waals surface area contributed by atoms with Gasteiger partial charge < -0.3 is 19.8 Å². The zero-order valence-electron chi connectivity index (χ0n) is 13.5. The summed E-state index contributed by atoms with van der Waals surface area (Å²) in [5.74, 6) is 2.47. The zero-order chi connectivity index (χ0) is 14.9. The molecule has 1 saturated carbocycles. The molecule has 1 aliphatic carbocycles. The Kier molecular flexibility index (Phi) is 5.76. The number of nitrogens with one attached hydrogen (secondary N) is 2. The van der Waals surface area contributed by atoms with Crippen molar-refractivity contribution in [2.45, 2.75) is 38.8 Å². The first-order valence-electron chi connectivity index (χ1n) is 7.74. The van der Waals surface area contributed by atoms with Crippen molar-refractivity contribution in [3.63, 3.8) is 0 Å². The summed E-state index contributed by atoms with van der Waals surface area (Å²) in [4.78, 5) is 4.33. The maximum Gasteiger partial charge on any atom is 0.191 e. The number of ether oxygens (including phenoxy) is 1. The highest BCUT2D eigenvalue weighted by Gasteiger charge is 2.59. The molecule has 3 atom stereocenters. The molecule has 0 bridgehead atoms. The van der Waals surface area contributed by atoms with Crippen LogP contribution in [0.25, 0.3) is 0 Å². The highest BCUT2D eigenvalue weighted by molar-refractivity contribution is 14.0. The zero-order valence-corrected chi connectivity index (χ0v) is 15.8. The molecule has 0 aromatic carbocycles. The van der Waals surface area contributed by atoms with Crippen molar-refractivity contribution in [2.24, 2.45) is 16.3 Å². The fourth-order valence-electron chi connectivity index (χ4n) is 3.72. The highest BCUT2D eigenvalue weighted by Crippen LogP contribution is 2.51. The van der Waals surface area contributed by atoms with Crippen LogP contribution in [0.5, 0.6) is 0 Å². The van der Waals surface area contributed by atoms with E-state index in [2.05, 4.69) is 29.5 Å². The predicted octanol–water partition coefficient (Wildman–Crippen LogP) is 2.42. The van der Waals surface area contributed by atoms with E-state index in [0.29, 0.717) is 18.1 Å². The Morgan fingerprint density at radius 1 is 1.45 bits per heavy atom. The summed E-state index contributed by atoms with van der Waals surface area (Å²) < 4.78 is 11.2. The highest BCUT2D eigenvalue weighted by atomic mass is 127. The normalized spacial score (nSPS) is 29.2. The second-order valence-electron chi connectivity index (χ2n) is 6.52. The number of guanidine groups is 1. The second kappa shape index (κ2) is 7.21. The van der Waals surface area contributed by atoms with Gasteiger partial charge in [-0.3, -0.25) is 4.99 Å². The SMILES string of the molecule is CN=C(NCCc1ccco1)NC1C2CCOC2C1(C)C.I. The van der Waals surface area contributed by atoms with Gasteiger partial charge >= 0.3 is 0 Å². The van der Waals surface area contributed by atoms with Gasteiger partial charge in [-0.2, -0.15) is 0 Å². The molecule has 0 amide bonds. The molecule has 2 aliphatic rings. The minimum absolute atomic E-state index is 0. The Labute approximate surface area is 149 Å². The molecule has 124 valence electrons. The van der Waals surface area contributed by atoms with E-state index in [1.165, 1.54) is 0 Å². The average molecular weight is 419 g/mol. The number of furan rings is 1. The van der Waals surface area contributed by atoms with E-state index in [0.717, 1.165) is 37.7 Å². The van der Waals surface area contributed by atoms with Crippen LogP contribution in [-0.2, 0) is 11.2 Å². The molecule has 1 aliphatic heterocycles. The lowest BCUT2D eigenvalue weighted by Crippen LogP contribution is -2.68. The number of aliphatic imine (C=N–C) groups is 1. The standard InChI is InChI=1S/C16H25N3O2.HI/c1-16(2)13(12-7-10-21-14(12)16)19-15(17-3)18-8-6-11-5-4-9-20-11;/h4-5,9,12-14H,6-8,10H2,1-3H3,(H2,17,18,19);1H. The van der Waals surface area contributed by atoms with Crippen LogP contribution in [-0.4, -0.2) is 38.3 Å². The summed E-state index contributed by atoms with van der Waals surface area (Å²) >= 11 is 0. The lowest BCUT2D eigenvalue weighted by molar-refractivity contribution is -0.106. The molecule has 2 heterocycles. The van der Waals surface area contributed by atoms with E-state index in [-0.39, 0.29) is 29.4 Å². The van der Waals surface area contributed by atoms with Gasteiger partial charge in [-0.15, -0.1) is 24.0 Å². The quantitative estimate of drug-likeness (QED) is 0.447. The first-order chi connectivity index (χ1) is 10.1. The van der Waals surface area contributed by atoms with Crippen LogP contribution in [0.2, 0.25) is 0 Å². The van der Waals surface area contributed by atoms with Crippen LogP contribution in [0.1, 0.15) is 26.0 Å². The fourth-order valence-corrected chi connectivity index (χ4v) is 3.72. The molecule has 2 fully saturated rings. The molecule has 0 radical (unpaired) electrons. The smallest absolute Gasteiger partial charge is 0.191 e. The topological polar surface area (TPSA) is 58.8 Å². The van der Waals surface area contributed by atoms with Crippen LogP contribution in [0.15, 0.2) is 27.8 Å². The Morgan fingerprint density at radius 2 is 2.27 bits per heavy atom. The molecule has 1 aromatic rings. The number of nitrogens with zero attached hydrogens (tertiary/aromatic N) is 1. The first kappa shape index (κ1) is 17.6. The first-order valence-corrected chi connectivity index (χ1v) is 7.74. The minimum atomic E-state index is 0. The Hall–Kier alpha value is -0.760. The predicted molar refractivity (Wildman–Crippen MR) is 97.7 cm³/mol. The van der Waals surface area contributed by atoms with Gasteiger partial charge in [0.25, 0.3) is 0 Å². The minimum Gasteiger partial charge on any atom is -0.469 e. The van der Waals surface area contributed by atoms with E-state index >= 15 is 0 Å². The fraction of sp³-hybridized carbons (Fsp3) is 0.688. The maximum absolute atomic E-state index is 5.83. The third-order valence-corrected chi connectivity index (χ3v) is 4.86. The molecule has 6 heteroatoms. The lowest BCUT2D eigenvalue weighted by atomic mass is 9.57. The van der Waals surface area contributed by atoms with Gasteiger partial charge in [0.05, 0.1) is 12.4 Å². The number of hydrogen-bond acceptors (Lipinski definition) is 3. The van der Waals surface area contributed by atoms with E-state index in [4.69, 9.17) is 9.15 Å². The lowest BCUT2D eigenvalue weighted by Gasteiger charge is -2.54. The van der Waals surface area contributed by atoms with Gasteiger partial charge in [-0.05, 0) is 18.6 Å². The van der Waals surface area contributed by atoms with Crippen molar-refractivity contribution in [3.8, 4) is 0 Å². The molecule has 5 nitrogen and oxygen atoms in total. The summed E-state index contributed by atoms with van der Waals surface area (Å²) in [6.07, 6.45) is 4.11. The van der Waals surface area contributed by atoms with Crippen molar-refractivity contribution in [1.29, 1.82) is 0 Å². The summed E-state index contributed by atoms with van der Waals surface area (Å²) in [7, 11) is 1.82. The molecule has 2 N–H and O–H groups in total. The summed E-state index contributed by atoms with van der Waals surface area (Å²) in [6, 6.07) is 4.34. The molecule has 0 spiro atoms. The largest absolute Gasteiger partial charge is 0.469 e. The van der Waals surface area contributed by atoms with E-state index in [9.17, 15) is 0 Å². The van der Waals surface area contributed by atoms with E-state index in [1.54, 1.807) is 6.26 Å². The van der Waals surface area contributed by atoms with Gasteiger partial charge in [0.1, 0.15) is 5.76 Å². The molecule has 1 aromatic heterocycles. The second-order valence-corrected chi connectivity index (χ2v) is 6.52. The molecule has 22 heavy (non-hydrogen) atoms. The van der Waals surface area contributed by atoms with Gasteiger partial charge in [0, 0.05) is 44.0 Å².